The van der Waals surface area contributed by atoms with Crippen molar-refractivity contribution in [1.29, 1.82) is 0 Å². The van der Waals surface area contributed by atoms with Crippen LogP contribution >= 0.6 is 0 Å². The first-order chi connectivity index (χ1) is 17.6. The summed E-state index contributed by atoms with van der Waals surface area (Å²) in [5.41, 5.74) is 3.14. The molecule has 1 N–H and O–H groups in total. The average Bonchev–Trinajstić information content (AvgIpc) is 3.70. The molecule has 1 unspecified atom stereocenters. The van der Waals surface area contributed by atoms with Crippen molar-refractivity contribution in [3.63, 3.8) is 0 Å². The van der Waals surface area contributed by atoms with Gasteiger partial charge < -0.3 is 19.9 Å². The van der Waals surface area contributed by atoms with Crippen molar-refractivity contribution in [2.24, 2.45) is 11.8 Å². The van der Waals surface area contributed by atoms with Crippen LogP contribution in [0.1, 0.15) is 75.4 Å². The van der Waals surface area contributed by atoms with Crippen molar-refractivity contribution >= 4 is 35.2 Å². The van der Waals surface area contributed by atoms with E-state index < -0.39 is 5.92 Å². The highest BCUT2D eigenvalue weighted by Gasteiger charge is 2.32. The van der Waals surface area contributed by atoms with Gasteiger partial charge in [0.05, 0.1) is 23.2 Å². The number of rotatable bonds is 10. The number of aromatic nitrogens is 2. The molecule has 0 radical (unpaired) electrons. The third kappa shape index (κ3) is 5.27. The molecule has 2 aromatic rings. The Balaban J connectivity index is 1.29. The smallest absolute Gasteiger partial charge is 0.228 e. The highest BCUT2D eigenvalue weighted by molar-refractivity contribution is 5.92. The van der Waals surface area contributed by atoms with Crippen LogP contribution in [0.4, 0.5) is 5.69 Å². The van der Waals surface area contributed by atoms with E-state index in [-0.39, 0.29) is 5.91 Å². The summed E-state index contributed by atoms with van der Waals surface area (Å²) in [4.78, 5) is 39.1. The fourth-order valence-electron chi connectivity index (χ4n) is 6.19. The second-order valence-electron chi connectivity index (χ2n) is 10.9. The Morgan fingerprint density at radius 2 is 1.75 bits per heavy atom. The van der Waals surface area contributed by atoms with Gasteiger partial charge in [-0.25, -0.2) is 0 Å². The normalized spacial score (nSPS) is 20.5. The largest absolute Gasteiger partial charge is 0.371 e. The lowest BCUT2D eigenvalue weighted by atomic mass is 9.83. The van der Waals surface area contributed by atoms with Gasteiger partial charge in [0.1, 0.15) is 6.29 Å². The molecule has 1 aromatic carbocycles. The number of piperidine rings is 2. The monoisotopic (exact) mass is 493 g/mol. The summed E-state index contributed by atoms with van der Waals surface area (Å²) >= 11 is 0. The first-order valence-corrected chi connectivity index (χ1v) is 13.7. The van der Waals surface area contributed by atoms with Gasteiger partial charge in [-0.15, -0.1) is 0 Å². The summed E-state index contributed by atoms with van der Waals surface area (Å²) in [7, 11) is 1.64. The predicted molar refractivity (Wildman–Crippen MR) is 140 cm³/mol. The van der Waals surface area contributed by atoms with Crippen LogP contribution in [0.3, 0.4) is 0 Å². The SMILES string of the molecule is CNC(=O)C(CCC=O)c1nn(C2CC2)c2cc(N3CCC(CC4CCN(C=O)CC4)CC3)ccc12. The topological polar surface area (TPSA) is 87.5 Å². The van der Waals surface area contributed by atoms with Crippen LogP contribution in [0.15, 0.2) is 18.2 Å². The highest BCUT2D eigenvalue weighted by atomic mass is 16.2. The van der Waals surface area contributed by atoms with E-state index in [1.54, 1.807) is 7.05 Å². The van der Waals surface area contributed by atoms with E-state index in [1.807, 2.05) is 4.90 Å². The number of carbonyl (C=O) groups excluding carboxylic acids is 3. The van der Waals surface area contributed by atoms with E-state index in [0.717, 1.165) is 93.0 Å². The number of nitrogens with zero attached hydrogens (tertiary/aromatic N) is 4. The Labute approximate surface area is 213 Å². The van der Waals surface area contributed by atoms with Gasteiger partial charge in [0.2, 0.25) is 12.3 Å². The zero-order chi connectivity index (χ0) is 25.1. The standard InChI is InChI=1S/C28H39N5O3/c1-29-28(36)25(3-2-16-34)27-24-7-6-23(18-26(24)33(30-27)22-4-5-22)32-14-10-21(11-15-32)17-20-8-12-31(19-35)13-9-20/h6-7,16,18-22,25H,2-5,8-15,17H2,1H3,(H,29,36). The maximum atomic E-state index is 12.7. The average molecular weight is 494 g/mol. The van der Waals surface area contributed by atoms with Gasteiger partial charge in [-0.3, -0.25) is 14.3 Å². The molecule has 3 heterocycles. The first kappa shape index (κ1) is 24.8. The van der Waals surface area contributed by atoms with Crippen LogP contribution in [0, 0.1) is 11.8 Å². The van der Waals surface area contributed by atoms with Crippen LogP contribution < -0.4 is 10.2 Å². The van der Waals surface area contributed by atoms with E-state index in [0.29, 0.717) is 18.9 Å². The van der Waals surface area contributed by atoms with Crippen LogP contribution in [0.2, 0.25) is 0 Å². The molecule has 1 aromatic heterocycles. The predicted octanol–water partition coefficient (Wildman–Crippen LogP) is 3.65. The van der Waals surface area contributed by atoms with Gasteiger partial charge in [-0.05, 0) is 81.4 Å². The summed E-state index contributed by atoms with van der Waals surface area (Å²) in [6, 6.07) is 6.99. The Bertz CT molecular complexity index is 1080. The number of benzene rings is 1. The number of carbonyl (C=O) groups is 3. The maximum absolute atomic E-state index is 12.7. The molecular formula is C28H39N5O3. The highest BCUT2D eigenvalue weighted by Crippen LogP contribution is 2.41. The first-order valence-electron chi connectivity index (χ1n) is 13.7. The zero-order valence-corrected chi connectivity index (χ0v) is 21.4. The number of amides is 2. The molecular weight excluding hydrogens is 454 g/mol. The number of fused-ring (bicyclic) bond motifs is 1. The Hall–Kier alpha value is -2.90. The second-order valence-corrected chi connectivity index (χ2v) is 10.9. The van der Waals surface area contributed by atoms with Gasteiger partial charge in [-0.1, -0.05) is 0 Å². The molecule has 2 aliphatic heterocycles. The number of likely N-dealkylation sites (N-methyl/N-ethyl adjacent to an activating group) is 1. The number of likely N-dealkylation sites (tertiary alicyclic amines) is 1. The molecule has 36 heavy (non-hydrogen) atoms. The van der Waals surface area contributed by atoms with Crippen LogP contribution in [0.5, 0.6) is 0 Å². The van der Waals surface area contributed by atoms with Gasteiger partial charge in [-0.2, -0.15) is 5.10 Å². The minimum atomic E-state index is -0.414. The van der Waals surface area contributed by atoms with E-state index in [9.17, 15) is 14.4 Å². The second kappa shape index (κ2) is 11.0. The minimum Gasteiger partial charge on any atom is -0.371 e. The van der Waals surface area contributed by atoms with E-state index in [2.05, 4.69) is 33.1 Å². The number of anilines is 1. The summed E-state index contributed by atoms with van der Waals surface area (Å²) in [6.45, 7) is 3.96. The lowest BCUT2D eigenvalue weighted by molar-refractivity contribution is -0.122. The van der Waals surface area contributed by atoms with Crippen molar-refractivity contribution in [1.82, 2.24) is 20.0 Å². The minimum absolute atomic E-state index is 0.0813. The summed E-state index contributed by atoms with van der Waals surface area (Å²) in [5.74, 6) is 1.03. The molecule has 1 saturated carbocycles. The number of hydrogen-bond acceptors (Lipinski definition) is 5. The molecule has 3 aliphatic rings. The van der Waals surface area contributed by atoms with Gasteiger partial charge in [0.15, 0.2) is 0 Å². The molecule has 2 amide bonds. The molecule has 8 nitrogen and oxygen atoms in total. The van der Waals surface area contributed by atoms with Gasteiger partial charge in [0.25, 0.3) is 0 Å². The lowest BCUT2D eigenvalue weighted by Gasteiger charge is -2.37. The molecule has 3 fully saturated rings. The lowest BCUT2D eigenvalue weighted by Crippen LogP contribution is -2.36. The van der Waals surface area contributed by atoms with Crippen molar-refractivity contribution in [2.45, 2.75) is 69.7 Å². The molecule has 1 atom stereocenters. The maximum Gasteiger partial charge on any atom is 0.228 e. The van der Waals surface area contributed by atoms with Crippen LogP contribution in [0.25, 0.3) is 10.9 Å². The molecule has 8 heteroatoms. The quantitative estimate of drug-likeness (QED) is 0.511. The van der Waals surface area contributed by atoms with Gasteiger partial charge in [0, 0.05) is 50.7 Å². The summed E-state index contributed by atoms with van der Waals surface area (Å²) < 4.78 is 2.13. The fraction of sp³-hybridized carbons (Fsp3) is 0.643. The van der Waals surface area contributed by atoms with Crippen molar-refractivity contribution < 1.29 is 14.4 Å². The summed E-state index contributed by atoms with van der Waals surface area (Å²) in [6.07, 6.45) is 10.9. The van der Waals surface area contributed by atoms with Crippen molar-refractivity contribution in [3.05, 3.63) is 23.9 Å². The molecule has 0 bridgehead atoms. The molecule has 0 spiro atoms. The number of nitrogens with one attached hydrogen (secondary N) is 1. The van der Waals surface area contributed by atoms with Crippen LogP contribution in [-0.4, -0.2) is 66.5 Å². The van der Waals surface area contributed by atoms with Crippen molar-refractivity contribution in [2.75, 3.05) is 38.1 Å². The molecule has 2 saturated heterocycles. The zero-order valence-electron chi connectivity index (χ0n) is 21.4. The Morgan fingerprint density at radius 3 is 2.36 bits per heavy atom. The molecule has 194 valence electrons. The van der Waals surface area contributed by atoms with E-state index in [4.69, 9.17) is 5.10 Å². The van der Waals surface area contributed by atoms with E-state index in [1.165, 1.54) is 24.9 Å². The fourth-order valence-corrected chi connectivity index (χ4v) is 6.19. The Morgan fingerprint density at radius 1 is 1.06 bits per heavy atom. The molecule has 1 aliphatic carbocycles. The number of hydrogen-bond donors (Lipinski definition) is 1. The Kier molecular flexibility index (Phi) is 7.58. The van der Waals surface area contributed by atoms with Crippen LogP contribution in [-0.2, 0) is 14.4 Å². The number of aldehydes is 1. The van der Waals surface area contributed by atoms with Gasteiger partial charge >= 0.3 is 0 Å². The summed E-state index contributed by atoms with van der Waals surface area (Å²) in [5, 5.41) is 8.74. The molecule has 5 rings (SSSR count). The van der Waals surface area contributed by atoms with E-state index >= 15 is 0 Å². The van der Waals surface area contributed by atoms with Crippen molar-refractivity contribution in [3.8, 4) is 0 Å². The third-order valence-electron chi connectivity index (χ3n) is 8.52. The third-order valence-corrected chi connectivity index (χ3v) is 8.52.